The summed E-state index contributed by atoms with van der Waals surface area (Å²) in [4.78, 5) is 18.5. The van der Waals surface area contributed by atoms with Crippen molar-refractivity contribution in [2.45, 2.75) is 20.3 Å². The molecule has 1 aromatic heterocycles. The minimum Gasteiger partial charge on any atom is -0.437 e. The normalized spacial score (nSPS) is 18.1. The van der Waals surface area contributed by atoms with Gasteiger partial charge >= 0.3 is 0 Å². The summed E-state index contributed by atoms with van der Waals surface area (Å²) in [6.45, 7) is 8.50. The number of nitrogens with one attached hydrogen (secondary N) is 1. The van der Waals surface area contributed by atoms with Crippen molar-refractivity contribution in [3.63, 3.8) is 0 Å². The van der Waals surface area contributed by atoms with E-state index in [4.69, 9.17) is 21.3 Å². The Kier molecular flexibility index (Phi) is 6.39. The summed E-state index contributed by atoms with van der Waals surface area (Å²) in [5.74, 6) is 3.06. The third-order valence-corrected chi connectivity index (χ3v) is 6.59. The second-order valence-corrected chi connectivity index (χ2v) is 9.32. The monoisotopic (exact) mass is 476 g/mol. The van der Waals surface area contributed by atoms with Crippen LogP contribution in [0.15, 0.2) is 52.6 Å². The van der Waals surface area contributed by atoms with Gasteiger partial charge in [-0.1, -0.05) is 41.5 Å². The van der Waals surface area contributed by atoms with Gasteiger partial charge < -0.3 is 19.9 Å². The second kappa shape index (κ2) is 9.60. The lowest BCUT2D eigenvalue weighted by Crippen LogP contribution is -2.44. The van der Waals surface area contributed by atoms with Crippen LogP contribution in [0, 0.1) is 0 Å². The van der Waals surface area contributed by atoms with Gasteiger partial charge in [-0.15, -0.1) is 0 Å². The summed E-state index contributed by atoms with van der Waals surface area (Å²) in [7, 11) is 2.14. The molecule has 0 radical (unpaired) electrons. The molecule has 3 aliphatic rings. The van der Waals surface area contributed by atoms with E-state index in [1.807, 2.05) is 31.2 Å². The van der Waals surface area contributed by atoms with E-state index in [2.05, 4.69) is 57.3 Å². The Morgan fingerprint density at radius 2 is 1.94 bits per heavy atom. The fraction of sp³-hybridized carbons (Fsp3) is 0.346. The number of nitrogens with zero attached hydrogens (tertiary/aromatic N) is 5. The zero-order chi connectivity index (χ0) is 23.7. The van der Waals surface area contributed by atoms with Gasteiger partial charge in [0.15, 0.2) is 0 Å². The predicted octanol–water partition coefficient (Wildman–Crippen LogP) is 4.96. The Hall–Kier alpha value is -3.16. The molecular weight excluding hydrogens is 448 g/mol. The van der Waals surface area contributed by atoms with Gasteiger partial charge in [-0.05, 0) is 50.6 Å². The van der Waals surface area contributed by atoms with E-state index in [9.17, 15) is 0 Å². The van der Waals surface area contributed by atoms with Gasteiger partial charge in [0.2, 0.25) is 11.8 Å². The molecule has 0 bridgehead atoms. The number of hydrogen-bond acceptors (Lipinski definition) is 7. The van der Waals surface area contributed by atoms with Gasteiger partial charge in [0.25, 0.3) is 0 Å². The maximum Gasteiger partial charge on any atom is 0.233 e. The number of aromatic nitrogens is 2. The first-order valence-electron chi connectivity index (χ1n) is 11.6. The Morgan fingerprint density at radius 3 is 2.74 bits per heavy atom. The number of aliphatic imine (C=N–C) groups is 1. The number of halogens is 1. The van der Waals surface area contributed by atoms with Crippen molar-refractivity contribution in [3.05, 3.63) is 63.7 Å². The molecule has 1 aliphatic carbocycles. The topological polar surface area (TPSA) is 65.9 Å². The van der Waals surface area contributed by atoms with Crippen LogP contribution in [0.5, 0.6) is 11.6 Å². The zero-order valence-corrected chi connectivity index (χ0v) is 20.6. The highest BCUT2D eigenvalue weighted by molar-refractivity contribution is 6.33. The van der Waals surface area contributed by atoms with Crippen LogP contribution >= 0.6 is 11.6 Å². The zero-order valence-electron chi connectivity index (χ0n) is 19.8. The molecule has 0 amide bonds. The maximum atomic E-state index is 6.72. The number of piperazine rings is 1. The molecule has 34 heavy (non-hydrogen) atoms. The van der Waals surface area contributed by atoms with E-state index in [0.717, 1.165) is 55.4 Å². The highest BCUT2D eigenvalue weighted by Crippen LogP contribution is 2.39. The van der Waals surface area contributed by atoms with Gasteiger partial charge in [-0.2, -0.15) is 9.97 Å². The molecule has 1 N–H and O–H groups in total. The van der Waals surface area contributed by atoms with Crippen LogP contribution in [-0.2, 0) is 6.42 Å². The Bertz CT molecular complexity index is 1220. The van der Waals surface area contributed by atoms with Crippen molar-refractivity contribution in [1.82, 2.24) is 14.9 Å². The average Bonchev–Trinajstić information content (AvgIpc) is 3.42. The highest BCUT2D eigenvalue weighted by Gasteiger charge is 2.21. The third kappa shape index (κ3) is 4.86. The van der Waals surface area contributed by atoms with Crippen molar-refractivity contribution in [3.8, 4) is 11.6 Å². The van der Waals surface area contributed by atoms with Crippen molar-refractivity contribution in [1.29, 1.82) is 0 Å². The van der Waals surface area contributed by atoms with Crippen LogP contribution in [0.3, 0.4) is 0 Å². The van der Waals surface area contributed by atoms with Crippen LogP contribution in [0.2, 0.25) is 5.02 Å². The molecule has 1 fully saturated rings. The summed E-state index contributed by atoms with van der Waals surface area (Å²) < 4.78 is 6.23. The van der Waals surface area contributed by atoms with Crippen molar-refractivity contribution >= 4 is 35.3 Å². The summed E-state index contributed by atoms with van der Waals surface area (Å²) >= 11 is 6.72. The van der Waals surface area contributed by atoms with Crippen LogP contribution in [0.4, 0.5) is 11.8 Å². The highest BCUT2D eigenvalue weighted by atomic mass is 35.5. The van der Waals surface area contributed by atoms with E-state index in [1.54, 1.807) is 0 Å². The summed E-state index contributed by atoms with van der Waals surface area (Å²) in [5.41, 5.74) is 4.69. The first-order chi connectivity index (χ1) is 16.5. The number of amidine groups is 1. The van der Waals surface area contributed by atoms with E-state index in [1.165, 1.54) is 11.1 Å². The van der Waals surface area contributed by atoms with E-state index in [0.29, 0.717) is 29.1 Å². The number of hydrogen-bond donors (Lipinski definition) is 1. The summed E-state index contributed by atoms with van der Waals surface area (Å²) in [6, 6.07) is 5.89. The minimum absolute atomic E-state index is 0.447. The fourth-order valence-corrected chi connectivity index (χ4v) is 4.66. The van der Waals surface area contributed by atoms with E-state index in [-0.39, 0.29) is 0 Å². The van der Waals surface area contributed by atoms with Gasteiger partial charge in [0.05, 0.1) is 11.6 Å². The summed E-state index contributed by atoms with van der Waals surface area (Å²) in [6.07, 6.45) is 9.13. The molecule has 3 heterocycles. The molecule has 1 saturated heterocycles. The lowest BCUT2D eigenvalue weighted by atomic mass is 10.1. The Labute approximate surface area is 205 Å². The molecule has 2 aliphatic heterocycles. The predicted molar refractivity (Wildman–Crippen MR) is 139 cm³/mol. The quantitative estimate of drug-likeness (QED) is 0.658. The molecular formula is C26H29ClN6O. The molecule has 176 valence electrons. The third-order valence-electron chi connectivity index (χ3n) is 6.20. The van der Waals surface area contributed by atoms with E-state index < -0.39 is 0 Å². The number of ether oxygens (including phenoxy) is 1. The van der Waals surface area contributed by atoms with Crippen LogP contribution in [0.1, 0.15) is 25.0 Å². The minimum atomic E-state index is 0.447. The first-order valence-corrected chi connectivity index (χ1v) is 12.0. The maximum absolute atomic E-state index is 6.72. The van der Waals surface area contributed by atoms with Crippen molar-refractivity contribution < 1.29 is 4.74 Å². The molecule has 0 saturated carbocycles. The lowest BCUT2D eigenvalue weighted by molar-refractivity contribution is 0.312. The van der Waals surface area contributed by atoms with Gasteiger partial charge in [-0.3, -0.25) is 4.99 Å². The number of allylic oxidation sites excluding steroid dienone is 2. The number of likely N-dealkylation sites (N-methyl/N-ethyl adjacent to an activating group) is 1. The van der Waals surface area contributed by atoms with Crippen LogP contribution < -0.4 is 15.0 Å². The SMILES string of the molecule is C/C=C/C1=CC(Nc2nc(Oc3ccc4c(c3Cl)C=C(C)C4)cc(N3CCN(C)CC3)n2)=NC1. The number of benzene rings is 1. The fourth-order valence-electron chi connectivity index (χ4n) is 4.38. The van der Waals surface area contributed by atoms with Gasteiger partial charge in [0, 0.05) is 37.8 Å². The smallest absolute Gasteiger partial charge is 0.233 e. The average molecular weight is 477 g/mol. The molecule has 2 aromatic rings. The standard InChI is InChI=1S/C26H29ClN6O/c1-4-5-18-14-22(28-16-18)29-26-30-23(33-10-8-32(3)9-11-33)15-24(31-26)34-21-7-6-19-12-17(2)13-20(19)25(21)27/h4-7,13-15H,8-12,16H2,1-3H3,(H,28,29,30,31)/b5-4+. The second-order valence-electron chi connectivity index (χ2n) is 8.94. The van der Waals surface area contributed by atoms with Crippen molar-refractivity contribution in [2.24, 2.45) is 4.99 Å². The molecule has 5 rings (SSSR count). The van der Waals surface area contributed by atoms with Gasteiger partial charge in [-0.25, -0.2) is 0 Å². The van der Waals surface area contributed by atoms with Crippen molar-refractivity contribution in [2.75, 3.05) is 50.0 Å². The number of rotatable bonds is 5. The number of anilines is 2. The molecule has 7 nitrogen and oxygen atoms in total. The van der Waals surface area contributed by atoms with Gasteiger partial charge in [0.1, 0.15) is 17.4 Å². The lowest BCUT2D eigenvalue weighted by Gasteiger charge is -2.33. The van der Waals surface area contributed by atoms with Crippen LogP contribution in [-0.4, -0.2) is 60.5 Å². The molecule has 0 spiro atoms. The summed E-state index contributed by atoms with van der Waals surface area (Å²) in [5, 5.41) is 3.88. The Morgan fingerprint density at radius 1 is 1.12 bits per heavy atom. The first kappa shape index (κ1) is 22.6. The molecule has 0 atom stereocenters. The van der Waals surface area contributed by atoms with E-state index >= 15 is 0 Å². The molecule has 0 unspecified atom stereocenters. The molecule has 8 heteroatoms. The largest absolute Gasteiger partial charge is 0.437 e. The van der Waals surface area contributed by atoms with Crippen LogP contribution in [0.25, 0.3) is 6.08 Å². The Balaban J connectivity index is 1.45. The molecule has 1 aromatic carbocycles. The number of fused-ring (bicyclic) bond motifs is 1.